The van der Waals surface area contributed by atoms with Crippen LogP contribution in [-0.2, 0) is 28.8 Å². The zero-order valence-corrected chi connectivity index (χ0v) is 31.6. The van der Waals surface area contributed by atoms with Crippen molar-refractivity contribution in [3.8, 4) is 0 Å². The summed E-state index contributed by atoms with van der Waals surface area (Å²) in [7, 11) is 0. The van der Waals surface area contributed by atoms with Crippen LogP contribution in [0.4, 0.5) is 0 Å². The number of carboxylic acids is 1. The Kier molecular flexibility index (Phi) is 14.6. The first-order valence-corrected chi connectivity index (χ1v) is 19.2. The van der Waals surface area contributed by atoms with Crippen molar-refractivity contribution in [2.75, 3.05) is 31.1 Å². The summed E-state index contributed by atoms with van der Waals surface area (Å²) >= 11 is 15.2. The number of rotatable bonds is 15. The second-order valence-electron chi connectivity index (χ2n) is 12.2. The Morgan fingerprint density at radius 2 is 1.64 bits per heavy atom. The average Bonchev–Trinajstić information content (AvgIpc) is 3.51. The number of aromatic carboxylic acids is 1. The number of carbonyl (C=O) groups is 8. The van der Waals surface area contributed by atoms with Gasteiger partial charge in [0.1, 0.15) is 12.1 Å². The lowest BCUT2D eigenvalue weighted by atomic mass is 10.0. The molecule has 19 heteroatoms. The summed E-state index contributed by atoms with van der Waals surface area (Å²) < 4.78 is -0.530. The maximum atomic E-state index is 13.8. The molecule has 0 bridgehead atoms. The summed E-state index contributed by atoms with van der Waals surface area (Å²) in [6, 6.07) is 7.11. The molecule has 7 N–H and O–H groups in total. The molecule has 53 heavy (non-hydrogen) atoms. The van der Waals surface area contributed by atoms with Crippen LogP contribution >= 0.6 is 46.7 Å². The number of carbonyl (C=O) groups excluding carboxylic acids is 7. The van der Waals surface area contributed by atoms with Crippen molar-refractivity contribution < 1.29 is 43.5 Å². The fourth-order valence-electron chi connectivity index (χ4n) is 5.87. The number of nitrogens with one attached hydrogen (secondary N) is 4. The number of benzene rings is 2. The summed E-state index contributed by atoms with van der Waals surface area (Å²) in [6.45, 7) is 0.653. The van der Waals surface area contributed by atoms with Gasteiger partial charge < -0.3 is 37.0 Å². The summed E-state index contributed by atoms with van der Waals surface area (Å²) in [5.41, 5.74) is 5.01. The van der Waals surface area contributed by atoms with Gasteiger partial charge in [-0.25, -0.2) is 4.79 Å². The van der Waals surface area contributed by atoms with Gasteiger partial charge >= 0.3 is 5.97 Å². The Balaban J connectivity index is 1.43. The molecule has 2 aromatic rings. The normalized spacial score (nSPS) is 17.3. The predicted molar refractivity (Wildman–Crippen MR) is 200 cm³/mol. The van der Waals surface area contributed by atoms with E-state index in [4.69, 9.17) is 28.9 Å². The molecule has 2 unspecified atom stereocenters. The number of halogens is 2. The molecule has 1 spiro atoms. The van der Waals surface area contributed by atoms with Gasteiger partial charge in [-0.3, -0.25) is 33.6 Å². The third kappa shape index (κ3) is 10.4. The highest BCUT2D eigenvalue weighted by atomic mass is 35.5. The van der Waals surface area contributed by atoms with E-state index in [1.54, 1.807) is 60.8 Å². The summed E-state index contributed by atoms with van der Waals surface area (Å²) in [5.74, 6) is -5.89. The van der Waals surface area contributed by atoms with Gasteiger partial charge in [0.2, 0.25) is 29.4 Å². The van der Waals surface area contributed by atoms with Gasteiger partial charge in [-0.1, -0.05) is 66.9 Å². The molecule has 2 aromatic carbocycles. The molecule has 0 aromatic heterocycles. The van der Waals surface area contributed by atoms with E-state index in [0.717, 1.165) is 17.9 Å². The standard InChI is InChI=1S/C34H38Cl2N6O9S2/c1-2-7-21(28(45)32(49)38-15-23(43)41-27(29(37)46)18-8-4-3-5-9-18)40-31(48)22-14-34(52-12-6-13-53-34)17-42(22)24(44)16-39-30(47)19-10-11-20(35)26(36)25(19)33(50)51/h3-5,8-11,21-22,27H,2,6-7,12-17H2,1H3,(H2,37,46)(H,38,49)(H,39,47)(H,40,48)(H,41,43)(H,50,51)/t21?,22-,27?/m0/s1. The van der Waals surface area contributed by atoms with E-state index >= 15 is 0 Å². The largest absolute Gasteiger partial charge is 0.478 e. The Morgan fingerprint density at radius 1 is 0.962 bits per heavy atom. The topological polar surface area (TPSA) is 234 Å². The summed E-state index contributed by atoms with van der Waals surface area (Å²) in [5, 5.41) is 18.9. The number of likely N-dealkylation sites (tertiary alicyclic amines) is 1. The monoisotopic (exact) mass is 808 g/mol. The molecule has 0 aliphatic carbocycles. The van der Waals surface area contributed by atoms with Gasteiger partial charge in [-0.2, -0.15) is 0 Å². The Labute approximate surface area is 323 Å². The van der Waals surface area contributed by atoms with Gasteiger partial charge in [-0.15, -0.1) is 23.5 Å². The lowest BCUT2D eigenvalue weighted by Gasteiger charge is -2.31. The predicted octanol–water partition coefficient (Wildman–Crippen LogP) is 1.90. The highest BCUT2D eigenvalue weighted by Gasteiger charge is 2.50. The van der Waals surface area contributed by atoms with Crippen LogP contribution in [0.5, 0.6) is 0 Å². The Morgan fingerprint density at radius 3 is 2.26 bits per heavy atom. The number of hydrogen-bond acceptors (Lipinski definition) is 10. The van der Waals surface area contributed by atoms with Gasteiger partial charge in [0.05, 0.1) is 44.4 Å². The SMILES string of the molecule is CCCC(NC(=O)[C@@H]1CC2(CN1C(=O)CNC(=O)c1ccc(Cl)c(Cl)c1C(=O)O)SCCCS2)C(=O)C(=O)NCC(=O)NC(C(N)=O)c1ccccc1. The number of nitrogens with zero attached hydrogens (tertiary/aromatic N) is 1. The number of primary amides is 1. The average molecular weight is 810 g/mol. The van der Waals surface area contributed by atoms with E-state index in [9.17, 15) is 43.5 Å². The quantitative estimate of drug-likeness (QED) is 0.142. The van der Waals surface area contributed by atoms with Crippen molar-refractivity contribution in [2.24, 2.45) is 5.73 Å². The number of amides is 6. The number of Topliss-reactive ketones (excluding diaryl/α,β-unsaturated/α-hetero) is 1. The van der Waals surface area contributed by atoms with Crippen molar-refractivity contribution in [2.45, 2.75) is 54.8 Å². The van der Waals surface area contributed by atoms with E-state index in [-0.39, 0.29) is 35.0 Å². The zero-order chi connectivity index (χ0) is 38.9. The van der Waals surface area contributed by atoms with Crippen LogP contribution in [0.2, 0.25) is 10.0 Å². The molecule has 2 aliphatic rings. The highest BCUT2D eigenvalue weighted by molar-refractivity contribution is 8.18. The molecule has 3 atom stereocenters. The van der Waals surface area contributed by atoms with Crippen molar-refractivity contribution in [1.82, 2.24) is 26.2 Å². The first kappa shape index (κ1) is 41.4. The molecular formula is C34H38Cl2N6O9S2. The lowest BCUT2D eigenvalue weighted by molar-refractivity contribution is -0.142. The van der Waals surface area contributed by atoms with Crippen LogP contribution in [0.25, 0.3) is 0 Å². The first-order chi connectivity index (χ1) is 25.2. The fourth-order valence-corrected chi connectivity index (χ4v) is 9.62. The van der Waals surface area contributed by atoms with E-state index in [0.29, 0.717) is 12.0 Å². The molecule has 0 radical (unpaired) electrons. The number of carboxylic acid groups (broad SMARTS) is 1. The Bertz CT molecular complexity index is 1780. The second kappa shape index (κ2) is 18.6. The van der Waals surface area contributed by atoms with Crippen LogP contribution < -0.4 is 27.0 Å². The van der Waals surface area contributed by atoms with Crippen LogP contribution in [0.1, 0.15) is 64.9 Å². The fraction of sp³-hybridized carbons (Fsp3) is 0.412. The van der Waals surface area contributed by atoms with E-state index < -0.39 is 88.1 Å². The molecule has 4 rings (SSSR count). The van der Waals surface area contributed by atoms with E-state index in [1.807, 2.05) is 0 Å². The summed E-state index contributed by atoms with van der Waals surface area (Å²) in [6.07, 6.45) is 1.63. The maximum absolute atomic E-state index is 13.8. The minimum absolute atomic E-state index is 0.0723. The van der Waals surface area contributed by atoms with Crippen LogP contribution in [0.3, 0.4) is 0 Å². The number of thioether (sulfide) groups is 2. The van der Waals surface area contributed by atoms with E-state index in [2.05, 4.69) is 21.3 Å². The third-order valence-corrected chi connectivity index (χ3v) is 12.6. The Hall–Kier alpha value is -4.32. The third-order valence-electron chi connectivity index (χ3n) is 8.45. The highest BCUT2D eigenvalue weighted by Crippen LogP contribution is 2.50. The second-order valence-corrected chi connectivity index (χ2v) is 16.2. The summed E-state index contributed by atoms with van der Waals surface area (Å²) in [4.78, 5) is 104. The van der Waals surface area contributed by atoms with E-state index in [1.165, 1.54) is 17.0 Å². The number of nitrogens with two attached hydrogens (primary N) is 1. The zero-order valence-electron chi connectivity index (χ0n) is 28.4. The van der Waals surface area contributed by atoms with Crippen molar-refractivity contribution in [1.29, 1.82) is 0 Å². The maximum Gasteiger partial charge on any atom is 0.338 e. The van der Waals surface area contributed by atoms with Gasteiger partial charge in [0.15, 0.2) is 0 Å². The molecule has 2 saturated heterocycles. The smallest absolute Gasteiger partial charge is 0.338 e. The van der Waals surface area contributed by atoms with Gasteiger partial charge in [-0.05, 0) is 42.0 Å². The van der Waals surface area contributed by atoms with Crippen molar-refractivity contribution >= 4 is 93.9 Å². The van der Waals surface area contributed by atoms with Crippen LogP contribution in [0.15, 0.2) is 42.5 Å². The van der Waals surface area contributed by atoms with Gasteiger partial charge in [0.25, 0.3) is 11.8 Å². The molecule has 2 fully saturated rings. The van der Waals surface area contributed by atoms with Crippen molar-refractivity contribution in [3.63, 3.8) is 0 Å². The lowest BCUT2D eigenvalue weighted by Crippen LogP contribution is -2.54. The molecule has 0 saturated carbocycles. The number of hydrogen-bond donors (Lipinski definition) is 6. The molecule has 284 valence electrons. The molecule has 2 heterocycles. The van der Waals surface area contributed by atoms with Gasteiger partial charge in [0, 0.05) is 13.0 Å². The van der Waals surface area contributed by atoms with Crippen LogP contribution in [-0.4, -0.2) is 105 Å². The molecular weight excluding hydrogens is 771 g/mol. The van der Waals surface area contributed by atoms with Crippen LogP contribution in [0, 0.1) is 0 Å². The molecule has 15 nitrogen and oxygen atoms in total. The minimum Gasteiger partial charge on any atom is -0.478 e. The molecule has 6 amide bonds. The first-order valence-electron chi connectivity index (χ1n) is 16.5. The minimum atomic E-state index is -1.49. The number of ketones is 1. The van der Waals surface area contributed by atoms with Crippen molar-refractivity contribution in [3.05, 3.63) is 69.2 Å². The molecule has 2 aliphatic heterocycles.